The summed E-state index contributed by atoms with van der Waals surface area (Å²) in [6, 6.07) is 5.28. The summed E-state index contributed by atoms with van der Waals surface area (Å²) in [6.07, 6.45) is 0. The van der Waals surface area contributed by atoms with Crippen LogP contribution in [-0.4, -0.2) is 10.9 Å². The Labute approximate surface area is 75.4 Å². The van der Waals surface area contributed by atoms with Crippen LogP contribution in [0.4, 0.5) is 0 Å². The zero-order valence-corrected chi connectivity index (χ0v) is 7.75. The van der Waals surface area contributed by atoms with Crippen molar-refractivity contribution >= 4 is 23.4 Å². The molecule has 0 saturated heterocycles. The van der Waals surface area contributed by atoms with Gasteiger partial charge in [0.1, 0.15) is 5.75 Å². The predicted molar refractivity (Wildman–Crippen MR) is 49.5 cm³/mol. The molecular weight excluding hydrogens is 180 g/mol. The number of hydrogen-bond acceptors (Lipinski definition) is 2. The van der Waals surface area contributed by atoms with E-state index in [0.29, 0.717) is 5.02 Å². The minimum atomic E-state index is 0.158. The van der Waals surface area contributed by atoms with E-state index in [1.807, 2.05) is 6.07 Å². The molecule has 3 heteroatoms. The SMILES string of the molecule is CCSc1ccc(Cl)c(O)c1. The molecule has 60 valence electrons. The molecule has 0 saturated carbocycles. The Morgan fingerprint density at radius 3 is 2.82 bits per heavy atom. The number of benzene rings is 1. The third-order valence-corrected chi connectivity index (χ3v) is 2.42. The summed E-state index contributed by atoms with van der Waals surface area (Å²) in [5.41, 5.74) is 0. The van der Waals surface area contributed by atoms with E-state index >= 15 is 0 Å². The van der Waals surface area contributed by atoms with Crippen LogP contribution in [0.25, 0.3) is 0 Å². The van der Waals surface area contributed by atoms with Gasteiger partial charge in [0, 0.05) is 4.90 Å². The number of aromatic hydroxyl groups is 1. The zero-order chi connectivity index (χ0) is 8.27. The van der Waals surface area contributed by atoms with E-state index in [4.69, 9.17) is 11.6 Å². The maximum Gasteiger partial charge on any atom is 0.135 e. The molecule has 0 aliphatic rings. The summed E-state index contributed by atoms with van der Waals surface area (Å²) >= 11 is 7.30. The molecule has 0 spiro atoms. The van der Waals surface area contributed by atoms with Gasteiger partial charge < -0.3 is 5.11 Å². The predicted octanol–water partition coefficient (Wildman–Crippen LogP) is 3.16. The third-order valence-electron chi connectivity index (χ3n) is 1.23. The quantitative estimate of drug-likeness (QED) is 0.720. The molecule has 1 aromatic rings. The number of phenols is 1. The maximum atomic E-state index is 9.18. The molecule has 0 aliphatic heterocycles. The highest BCUT2D eigenvalue weighted by atomic mass is 35.5. The standard InChI is InChI=1S/C8H9ClOS/c1-2-11-6-3-4-7(9)8(10)5-6/h3-5,10H,2H2,1H3. The molecule has 0 amide bonds. The molecular formula is C8H9ClOS. The molecule has 0 aromatic heterocycles. The van der Waals surface area contributed by atoms with E-state index < -0.39 is 0 Å². The third kappa shape index (κ3) is 2.31. The van der Waals surface area contributed by atoms with Gasteiger partial charge in [-0.25, -0.2) is 0 Å². The van der Waals surface area contributed by atoms with Crippen LogP contribution in [0.15, 0.2) is 23.1 Å². The lowest BCUT2D eigenvalue weighted by Gasteiger charge is -1.99. The second-order valence-corrected chi connectivity index (χ2v) is 3.79. The lowest BCUT2D eigenvalue weighted by atomic mass is 10.3. The fourth-order valence-corrected chi connectivity index (χ4v) is 1.56. The average Bonchev–Trinajstić information content (AvgIpc) is 1.98. The molecule has 1 rings (SSSR count). The Balaban J connectivity index is 2.86. The van der Waals surface area contributed by atoms with Crippen LogP contribution in [-0.2, 0) is 0 Å². The first-order valence-corrected chi connectivity index (χ1v) is 4.71. The van der Waals surface area contributed by atoms with E-state index in [1.54, 1.807) is 23.9 Å². The van der Waals surface area contributed by atoms with Crippen molar-refractivity contribution in [2.75, 3.05) is 5.75 Å². The molecule has 0 fully saturated rings. The minimum Gasteiger partial charge on any atom is -0.506 e. The number of rotatable bonds is 2. The van der Waals surface area contributed by atoms with Gasteiger partial charge in [0.15, 0.2) is 0 Å². The van der Waals surface area contributed by atoms with Gasteiger partial charge in [0.05, 0.1) is 5.02 Å². The van der Waals surface area contributed by atoms with Crippen molar-refractivity contribution in [1.82, 2.24) is 0 Å². The summed E-state index contributed by atoms with van der Waals surface area (Å²) in [5, 5.41) is 9.59. The Bertz CT molecular complexity index is 250. The van der Waals surface area contributed by atoms with E-state index in [9.17, 15) is 5.11 Å². The number of thioether (sulfide) groups is 1. The molecule has 11 heavy (non-hydrogen) atoms. The van der Waals surface area contributed by atoms with E-state index in [1.165, 1.54) is 0 Å². The molecule has 0 radical (unpaired) electrons. The highest BCUT2D eigenvalue weighted by molar-refractivity contribution is 7.99. The molecule has 0 aliphatic carbocycles. The van der Waals surface area contributed by atoms with Crippen molar-refractivity contribution in [1.29, 1.82) is 0 Å². The Kier molecular flexibility index (Phi) is 3.09. The summed E-state index contributed by atoms with van der Waals surface area (Å²) in [4.78, 5) is 1.05. The molecule has 1 N–H and O–H groups in total. The van der Waals surface area contributed by atoms with Crippen LogP contribution in [0.1, 0.15) is 6.92 Å². The zero-order valence-electron chi connectivity index (χ0n) is 6.17. The first-order chi connectivity index (χ1) is 5.24. The Morgan fingerprint density at radius 1 is 1.55 bits per heavy atom. The van der Waals surface area contributed by atoms with Crippen LogP contribution >= 0.6 is 23.4 Å². The Hall–Kier alpha value is -0.340. The lowest BCUT2D eigenvalue weighted by molar-refractivity contribution is 0.474. The lowest BCUT2D eigenvalue weighted by Crippen LogP contribution is -1.73. The second kappa shape index (κ2) is 3.88. The van der Waals surface area contributed by atoms with Gasteiger partial charge in [-0.05, 0) is 24.0 Å². The molecule has 0 unspecified atom stereocenters. The van der Waals surface area contributed by atoms with Gasteiger partial charge >= 0.3 is 0 Å². The largest absolute Gasteiger partial charge is 0.506 e. The highest BCUT2D eigenvalue weighted by Gasteiger charge is 1.98. The first-order valence-electron chi connectivity index (χ1n) is 3.35. The maximum absolute atomic E-state index is 9.18. The number of phenolic OH excluding ortho intramolecular Hbond substituents is 1. The van der Waals surface area contributed by atoms with Gasteiger partial charge in [-0.3, -0.25) is 0 Å². The van der Waals surface area contributed by atoms with E-state index in [-0.39, 0.29) is 5.75 Å². The van der Waals surface area contributed by atoms with Crippen LogP contribution in [0.2, 0.25) is 5.02 Å². The highest BCUT2D eigenvalue weighted by Crippen LogP contribution is 2.28. The molecule has 0 heterocycles. The number of hydrogen-bond donors (Lipinski definition) is 1. The van der Waals surface area contributed by atoms with Gasteiger partial charge in [-0.1, -0.05) is 18.5 Å². The van der Waals surface area contributed by atoms with Crippen molar-refractivity contribution in [2.45, 2.75) is 11.8 Å². The van der Waals surface area contributed by atoms with Gasteiger partial charge in [0.25, 0.3) is 0 Å². The van der Waals surface area contributed by atoms with Crippen molar-refractivity contribution < 1.29 is 5.11 Å². The van der Waals surface area contributed by atoms with E-state index in [0.717, 1.165) is 10.6 Å². The van der Waals surface area contributed by atoms with Crippen LogP contribution in [0, 0.1) is 0 Å². The van der Waals surface area contributed by atoms with Crippen molar-refractivity contribution in [3.05, 3.63) is 23.2 Å². The number of halogens is 1. The fourth-order valence-electron chi connectivity index (χ4n) is 0.749. The fraction of sp³-hybridized carbons (Fsp3) is 0.250. The van der Waals surface area contributed by atoms with Crippen molar-refractivity contribution in [2.24, 2.45) is 0 Å². The van der Waals surface area contributed by atoms with Gasteiger partial charge in [-0.2, -0.15) is 0 Å². The molecule has 0 bridgehead atoms. The van der Waals surface area contributed by atoms with Crippen molar-refractivity contribution in [3.8, 4) is 5.75 Å². The summed E-state index contributed by atoms with van der Waals surface area (Å²) in [5.74, 6) is 1.16. The minimum absolute atomic E-state index is 0.158. The summed E-state index contributed by atoms with van der Waals surface area (Å²) in [7, 11) is 0. The smallest absolute Gasteiger partial charge is 0.135 e. The van der Waals surface area contributed by atoms with Crippen LogP contribution in [0.5, 0.6) is 5.75 Å². The van der Waals surface area contributed by atoms with Crippen molar-refractivity contribution in [3.63, 3.8) is 0 Å². The van der Waals surface area contributed by atoms with Gasteiger partial charge in [-0.15, -0.1) is 11.8 Å². The molecule has 1 aromatic carbocycles. The average molecular weight is 189 g/mol. The topological polar surface area (TPSA) is 20.2 Å². The molecule has 0 atom stereocenters. The Morgan fingerprint density at radius 2 is 2.27 bits per heavy atom. The van der Waals surface area contributed by atoms with E-state index in [2.05, 4.69) is 6.92 Å². The van der Waals surface area contributed by atoms with Crippen LogP contribution in [0.3, 0.4) is 0 Å². The summed E-state index contributed by atoms with van der Waals surface area (Å²) < 4.78 is 0. The monoisotopic (exact) mass is 188 g/mol. The van der Waals surface area contributed by atoms with Crippen LogP contribution < -0.4 is 0 Å². The normalized spacial score (nSPS) is 10.0. The summed E-state index contributed by atoms with van der Waals surface area (Å²) in [6.45, 7) is 2.07. The molecule has 1 nitrogen and oxygen atoms in total. The second-order valence-electron chi connectivity index (χ2n) is 2.05. The first kappa shape index (κ1) is 8.75. The van der Waals surface area contributed by atoms with Gasteiger partial charge in [0.2, 0.25) is 0 Å².